The van der Waals surface area contributed by atoms with Gasteiger partial charge in [-0.25, -0.2) is 4.79 Å². The number of carbonyl (C=O) groups excluding carboxylic acids is 1. The minimum absolute atomic E-state index is 0.422. The molecule has 0 saturated carbocycles. The van der Waals surface area contributed by atoms with Crippen LogP contribution in [0.5, 0.6) is 5.75 Å². The van der Waals surface area contributed by atoms with Crippen LogP contribution in [0.25, 0.3) is 6.08 Å². The zero-order valence-electron chi connectivity index (χ0n) is 14.1. The molecule has 132 valence electrons. The number of fused-ring (bicyclic) bond motifs is 1. The van der Waals surface area contributed by atoms with Gasteiger partial charge >= 0.3 is 5.97 Å². The molecule has 0 aromatic heterocycles. The van der Waals surface area contributed by atoms with Gasteiger partial charge in [-0.1, -0.05) is 65.3 Å². The zero-order chi connectivity index (χ0) is 18.6. The fourth-order valence-corrected chi connectivity index (χ4v) is 2.88. The minimum Gasteiger partial charge on any atom is -0.454 e. The molecular formula is C22H14ClNO3. The molecule has 0 saturated heterocycles. The summed E-state index contributed by atoms with van der Waals surface area (Å²) in [4.78, 5) is 17.4. The normalized spacial score (nSPS) is 15.4. The van der Waals surface area contributed by atoms with Gasteiger partial charge in [0.15, 0.2) is 11.5 Å². The number of allylic oxidation sites excluding steroid dienone is 1. The Hall–Kier alpha value is -3.37. The van der Waals surface area contributed by atoms with E-state index < -0.39 is 5.97 Å². The molecule has 5 heteroatoms. The molecular weight excluding hydrogens is 362 g/mol. The standard InChI is InChI=1S/C22H14ClNO3/c23-18-12-6-4-10-16(18)14-20-21(17-11-5-7-13-19(17)26-20)24-27-22(25)15-8-2-1-3-9-15/h1-14H/b20-14+,24-21+. The second-order valence-corrected chi connectivity index (χ2v) is 6.22. The Bertz CT molecular complexity index is 1060. The van der Waals surface area contributed by atoms with E-state index >= 15 is 0 Å². The van der Waals surface area contributed by atoms with Gasteiger partial charge < -0.3 is 9.57 Å². The Morgan fingerprint density at radius 1 is 0.926 bits per heavy atom. The van der Waals surface area contributed by atoms with Crippen LogP contribution in [0.15, 0.2) is 89.8 Å². The van der Waals surface area contributed by atoms with Crippen molar-refractivity contribution in [1.82, 2.24) is 0 Å². The molecule has 0 bridgehead atoms. The number of hydrogen-bond acceptors (Lipinski definition) is 4. The second kappa shape index (κ2) is 7.48. The van der Waals surface area contributed by atoms with Gasteiger partial charge in [-0.05, 0) is 42.0 Å². The Kier molecular flexibility index (Phi) is 4.73. The molecule has 1 heterocycles. The molecule has 0 unspecified atom stereocenters. The molecule has 0 amide bonds. The van der Waals surface area contributed by atoms with Crippen LogP contribution in [0.2, 0.25) is 5.02 Å². The highest BCUT2D eigenvalue weighted by molar-refractivity contribution is 6.32. The van der Waals surface area contributed by atoms with Crippen molar-refractivity contribution in [2.24, 2.45) is 5.16 Å². The van der Waals surface area contributed by atoms with Crippen molar-refractivity contribution in [3.63, 3.8) is 0 Å². The van der Waals surface area contributed by atoms with E-state index in [1.165, 1.54) is 0 Å². The molecule has 1 aliphatic rings. The first-order valence-corrected chi connectivity index (χ1v) is 8.68. The predicted octanol–water partition coefficient (Wildman–Crippen LogP) is 5.33. The molecule has 0 spiro atoms. The fraction of sp³-hybridized carbons (Fsp3) is 0. The molecule has 0 radical (unpaired) electrons. The lowest BCUT2D eigenvalue weighted by atomic mass is 10.1. The number of ether oxygens (including phenoxy) is 1. The molecule has 4 nitrogen and oxygen atoms in total. The van der Waals surface area contributed by atoms with E-state index in [0.29, 0.717) is 27.8 Å². The van der Waals surface area contributed by atoms with Crippen molar-refractivity contribution in [2.75, 3.05) is 0 Å². The lowest BCUT2D eigenvalue weighted by Gasteiger charge is -2.03. The van der Waals surface area contributed by atoms with Crippen LogP contribution in [-0.2, 0) is 4.84 Å². The highest BCUT2D eigenvalue weighted by Crippen LogP contribution is 2.33. The molecule has 0 N–H and O–H groups in total. The van der Waals surface area contributed by atoms with Gasteiger partial charge in [0.2, 0.25) is 0 Å². The summed E-state index contributed by atoms with van der Waals surface area (Å²) in [6, 6.07) is 23.5. The summed E-state index contributed by atoms with van der Waals surface area (Å²) in [6.07, 6.45) is 1.78. The van der Waals surface area contributed by atoms with Gasteiger partial charge in [-0.3, -0.25) is 0 Å². The molecule has 0 aliphatic carbocycles. The van der Waals surface area contributed by atoms with Crippen LogP contribution in [0, 0.1) is 0 Å². The van der Waals surface area contributed by atoms with E-state index in [0.717, 1.165) is 11.1 Å². The molecule has 0 atom stereocenters. The van der Waals surface area contributed by atoms with Gasteiger partial charge in [-0.15, -0.1) is 0 Å². The maximum absolute atomic E-state index is 12.2. The maximum Gasteiger partial charge on any atom is 0.365 e. The average molecular weight is 376 g/mol. The lowest BCUT2D eigenvalue weighted by molar-refractivity contribution is 0.0516. The number of benzene rings is 3. The molecule has 4 rings (SSSR count). The quantitative estimate of drug-likeness (QED) is 0.459. The minimum atomic E-state index is -0.537. The van der Waals surface area contributed by atoms with Crippen LogP contribution in [0.3, 0.4) is 0 Å². The van der Waals surface area contributed by atoms with Crippen LogP contribution in [0.4, 0.5) is 0 Å². The van der Waals surface area contributed by atoms with Crippen LogP contribution < -0.4 is 4.74 Å². The van der Waals surface area contributed by atoms with E-state index in [9.17, 15) is 4.79 Å². The monoisotopic (exact) mass is 375 g/mol. The number of nitrogens with zero attached hydrogens (tertiary/aromatic N) is 1. The Labute approximate surface area is 161 Å². The summed E-state index contributed by atoms with van der Waals surface area (Å²) < 4.78 is 5.90. The first-order valence-electron chi connectivity index (χ1n) is 8.30. The number of carbonyl (C=O) groups is 1. The van der Waals surface area contributed by atoms with Crippen LogP contribution in [-0.4, -0.2) is 11.7 Å². The summed E-state index contributed by atoms with van der Waals surface area (Å²) in [5.41, 5.74) is 2.39. The van der Waals surface area contributed by atoms with E-state index in [1.54, 1.807) is 36.4 Å². The summed E-state index contributed by atoms with van der Waals surface area (Å²) in [5, 5.41) is 4.67. The number of hydrogen-bond donors (Lipinski definition) is 0. The zero-order valence-corrected chi connectivity index (χ0v) is 14.9. The van der Waals surface area contributed by atoms with Crippen molar-refractivity contribution in [3.05, 3.63) is 106 Å². The largest absolute Gasteiger partial charge is 0.454 e. The summed E-state index contributed by atoms with van der Waals surface area (Å²) in [7, 11) is 0. The molecule has 0 fully saturated rings. The van der Waals surface area contributed by atoms with E-state index in [2.05, 4.69) is 5.16 Å². The summed E-state index contributed by atoms with van der Waals surface area (Å²) >= 11 is 6.24. The lowest BCUT2D eigenvalue weighted by Crippen LogP contribution is -2.06. The van der Waals surface area contributed by atoms with Crippen molar-refractivity contribution in [1.29, 1.82) is 0 Å². The maximum atomic E-state index is 12.2. The smallest absolute Gasteiger partial charge is 0.365 e. The summed E-state index contributed by atoms with van der Waals surface area (Å²) in [5.74, 6) is 0.569. The van der Waals surface area contributed by atoms with Gasteiger partial charge in [0.25, 0.3) is 0 Å². The Balaban J connectivity index is 1.70. The average Bonchev–Trinajstić information content (AvgIpc) is 3.05. The van der Waals surface area contributed by atoms with Crippen molar-refractivity contribution >= 4 is 29.4 Å². The first-order chi connectivity index (χ1) is 13.2. The third kappa shape index (κ3) is 3.61. The van der Waals surface area contributed by atoms with Crippen molar-refractivity contribution in [2.45, 2.75) is 0 Å². The highest BCUT2D eigenvalue weighted by Gasteiger charge is 2.26. The number of oxime groups is 1. The van der Waals surface area contributed by atoms with Crippen LogP contribution >= 0.6 is 11.6 Å². The highest BCUT2D eigenvalue weighted by atomic mass is 35.5. The third-order valence-electron chi connectivity index (χ3n) is 4.02. The number of rotatable bonds is 3. The Morgan fingerprint density at radius 3 is 2.44 bits per heavy atom. The number of halogens is 1. The van der Waals surface area contributed by atoms with Crippen molar-refractivity contribution < 1.29 is 14.4 Å². The van der Waals surface area contributed by atoms with Crippen LogP contribution in [0.1, 0.15) is 21.5 Å². The SMILES string of the molecule is O=C(O/N=C1/C(=C\c2ccccc2Cl)Oc2ccccc21)c1ccccc1. The summed E-state index contributed by atoms with van der Waals surface area (Å²) in [6.45, 7) is 0. The van der Waals surface area contributed by atoms with E-state index in [-0.39, 0.29) is 0 Å². The molecule has 1 aliphatic heterocycles. The van der Waals surface area contributed by atoms with Crippen molar-refractivity contribution in [3.8, 4) is 5.75 Å². The second-order valence-electron chi connectivity index (χ2n) is 5.81. The Morgan fingerprint density at radius 2 is 1.63 bits per heavy atom. The van der Waals surface area contributed by atoms with Gasteiger partial charge in [0, 0.05) is 5.02 Å². The first kappa shape index (κ1) is 17.1. The predicted molar refractivity (Wildman–Crippen MR) is 105 cm³/mol. The molecule has 3 aromatic rings. The van der Waals surface area contributed by atoms with Gasteiger partial charge in [0.1, 0.15) is 5.75 Å². The van der Waals surface area contributed by atoms with E-state index in [4.69, 9.17) is 21.2 Å². The topological polar surface area (TPSA) is 47.9 Å². The molecule has 3 aromatic carbocycles. The van der Waals surface area contributed by atoms with Gasteiger partial charge in [-0.2, -0.15) is 0 Å². The van der Waals surface area contributed by atoms with E-state index in [1.807, 2.05) is 48.5 Å². The number of para-hydroxylation sites is 1. The fourth-order valence-electron chi connectivity index (χ4n) is 2.69. The molecule has 27 heavy (non-hydrogen) atoms. The van der Waals surface area contributed by atoms with Gasteiger partial charge in [0.05, 0.1) is 11.1 Å². The third-order valence-corrected chi connectivity index (χ3v) is 4.36.